The second-order valence-electron chi connectivity index (χ2n) is 3.34. The van der Waals surface area contributed by atoms with Crippen LogP contribution in [0.25, 0.3) is 10.8 Å². The van der Waals surface area contributed by atoms with Crippen molar-refractivity contribution in [3.8, 4) is 16.8 Å². The molecule has 2 heterocycles. The molecule has 0 aliphatic carbocycles. The van der Waals surface area contributed by atoms with Gasteiger partial charge in [-0.2, -0.15) is 22.0 Å². The first-order valence-electron chi connectivity index (χ1n) is 5.24. The number of hydrogen-bond donors (Lipinski definition) is 0. The van der Waals surface area contributed by atoms with E-state index in [1.165, 1.54) is 11.3 Å². The summed E-state index contributed by atoms with van der Waals surface area (Å²) in [7, 11) is 0. The fourth-order valence-corrected chi connectivity index (χ4v) is 2.69. The molecule has 2 aromatic heterocycles. The molecule has 0 radical (unpaired) electrons. The molecule has 0 fully saturated rings. The van der Waals surface area contributed by atoms with Gasteiger partial charge in [-0.15, -0.1) is 11.3 Å². The molecule has 0 spiro atoms. The van der Waals surface area contributed by atoms with Gasteiger partial charge >= 0.3 is 0 Å². The minimum Gasteiger partial charge on any atom is -0.333 e. The Morgan fingerprint density at radius 3 is 3.12 bits per heavy atom. The summed E-state index contributed by atoms with van der Waals surface area (Å²) in [6, 6.07) is 5.68. The maximum atomic E-state index is 8.74. The Kier molecular flexibility index (Phi) is 4.18. The number of thiophene rings is 1. The highest BCUT2D eigenvalue weighted by Crippen LogP contribution is 2.26. The van der Waals surface area contributed by atoms with Crippen molar-refractivity contribution < 1.29 is 4.52 Å². The Hall–Kier alpha value is -1.32. The van der Waals surface area contributed by atoms with Crippen LogP contribution in [0.15, 0.2) is 16.7 Å². The smallest absolute Gasteiger partial charge is 0.268 e. The SMILES string of the molecule is CCCSCc1noc(-c2ccc(C#N)s2)n1. The normalized spacial score (nSPS) is 10.4. The van der Waals surface area contributed by atoms with Crippen LogP contribution in [0.4, 0.5) is 0 Å². The topological polar surface area (TPSA) is 62.7 Å². The lowest BCUT2D eigenvalue weighted by molar-refractivity contribution is 0.426. The van der Waals surface area contributed by atoms with Gasteiger partial charge in [0.05, 0.1) is 10.6 Å². The van der Waals surface area contributed by atoms with Crippen molar-refractivity contribution in [2.45, 2.75) is 19.1 Å². The predicted molar refractivity (Wildman–Crippen MR) is 68.8 cm³/mol. The standard InChI is InChI=1S/C11H11N3OS2/c1-2-5-16-7-10-13-11(15-14-10)9-4-3-8(6-12)17-9/h3-4H,2,5,7H2,1H3. The summed E-state index contributed by atoms with van der Waals surface area (Å²) in [4.78, 5) is 5.80. The van der Waals surface area contributed by atoms with Crippen LogP contribution in [0.3, 0.4) is 0 Å². The van der Waals surface area contributed by atoms with Crippen molar-refractivity contribution in [2.75, 3.05) is 5.75 Å². The summed E-state index contributed by atoms with van der Waals surface area (Å²) >= 11 is 3.15. The van der Waals surface area contributed by atoms with E-state index in [0.29, 0.717) is 16.6 Å². The third kappa shape index (κ3) is 3.08. The predicted octanol–water partition coefficient (Wildman–Crippen LogP) is 3.31. The van der Waals surface area contributed by atoms with Gasteiger partial charge < -0.3 is 4.52 Å². The van der Waals surface area contributed by atoms with Gasteiger partial charge in [-0.1, -0.05) is 12.1 Å². The molecule has 0 saturated heterocycles. The van der Waals surface area contributed by atoms with Crippen LogP contribution in [0.2, 0.25) is 0 Å². The molecule has 2 aromatic rings. The lowest BCUT2D eigenvalue weighted by Crippen LogP contribution is -1.84. The van der Waals surface area contributed by atoms with E-state index in [1.807, 2.05) is 6.07 Å². The average Bonchev–Trinajstić information content (AvgIpc) is 2.97. The third-order valence-electron chi connectivity index (χ3n) is 1.97. The van der Waals surface area contributed by atoms with E-state index in [4.69, 9.17) is 9.78 Å². The molecule has 0 N–H and O–H groups in total. The first-order chi connectivity index (χ1) is 8.33. The zero-order valence-corrected chi connectivity index (χ0v) is 11.0. The van der Waals surface area contributed by atoms with Gasteiger partial charge in [-0.05, 0) is 24.3 Å². The Bertz CT molecular complexity index is 527. The van der Waals surface area contributed by atoms with E-state index in [9.17, 15) is 0 Å². The summed E-state index contributed by atoms with van der Waals surface area (Å²) < 4.78 is 5.17. The molecule has 0 unspecified atom stereocenters. The number of nitriles is 1. The lowest BCUT2D eigenvalue weighted by atomic mass is 10.4. The van der Waals surface area contributed by atoms with Crippen LogP contribution in [-0.2, 0) is 5.75 Å². The zero-order valence-electron chi connectivity index (χ0n) is 9.34. The highest BCUT2D eigenvalue weighted by atomic mass is 32.2. The molecule has 0 aliphatic rings. The zero-order chi connectivity index (χ0) is 12.1. The van der Waals surface area contributed by atoms with Crippen molar-refractivity contribution in [3.63, 3.8) is 0 Å². The Morgan fingerprint density at radius 2 is 2.41 bits per heavy atom. The van der Waals surface area contributed by atoms with Crippen LogP contribution in [0.1, 0.15) is 24.0 Å². The molecule has 2 rings (SSSR count). The number of hydrogen-bond acceptors (Lipinski definition) is 6. The summed E-state index contributed by atoms with van der Waals surface area (Å²) in [6.07, 6.45) is 1.14. The van der Waals surface area contributed by atoms with Crippen molar-refractivity contribution >= 4 is 23.1 Å². The van der Waals surface area contributed by atoms with Gasteiger partial charge in [0.2, 0.25) is 0 Å². The van der Waals surface area contributed by atoms with Crippen molar-refractivity contribution in [2.24, 2.45) is 0 Å². The fourth-order valence-electron chi connectivity index (χ4n) is 1.23. The van der Waals surface area contributed by atoms with Crippen LogP contribution in [0.5, 0.6) is 0 Å². The Labute approximate surface area is 108 Å². The first kappa shape index (κ1) is 12.1. The molecular weight excluding hydrogens is 254 g/mol. The molecule has 0 saturated carbocycles. The molecule has 0 atom stereocenters. The minimum atomic E-state index is 0.503. The molecule has 4 nitrogen and oxygen atoms in total. The molecule has 0 aromatic carbocycles. The van der Waals surface area contributed by atoms with E-state index < -0.39 is 0 Å². The number of aromatic nitrogens is 2. The van der Waals surface area contributed by atoms with Crippen LogP contribution in [-0.4, -0.2) is 15.9 Å². The average molecular weight is 265 g/mol. The molecule has 0 bridgehead atoms. The summed E-state index contributed by atoms with van der Waals surface area (Å²) in [5.74, 6) is 3.09. The van der Waals surface area contributed by atoms with Crippen LogP contribution >= 0.6 is 23.1 Å². The van der Waals surface area contributed by atoms with E-state index in [1.54, 1.807) is 17.8 Å². The molecular formula is C11H11N3OS2. The highest BCUT2D eigenvalue weighted by Gasteiger charge is 2.11. The maximum absolute atomic E-state index is 8.74. The number of nitrogens with zero attached hydrogens (tertiary/aromatic N) is 3. The van der Waals surface area contributed by atoms with Crippen molar-refractivity contribution in [3.05, 3.63) is 22.8 Å². The fraction of sp³-hybridized carbons (Fsp3) is 0.364. The van der Waals surface area contributed by atoms with E-state index in [-0.39, 0.29) is 0 Å². The monoisotopic (exact) mass is 265 g/mol. The van der Waals surface area contributed by atoms with Gasteiger partial charge in [-0.3, -0.25) is 0 Å². The van der Waals surface area contributed by atoms with Crippen LogP contribution < -0.4 is 0 Å². The summed E-state index contributed by atoms with van der Waals surface area (Å²) in [5, 5.41) is 12.7. The van der Waals surface area contributed by atoms with Gasteiger partial charge in [0.25, 0.3) is 5.89 Å². The number of rotatable bonds is 5. The first-order valence-corrected chi connectivity index (χ1v) is 7.21. The van der Waals surface area contributed by atoms with E-state index >= 15 is 0 Å². The van der Waals surface area contributed by atoms with Gasteiger partial charge in [-0.25, -0.2) is 0 Å². The third-order valence-corrected chi connectivity index (χ3v) is 4.11. The molecule has 0 amide bonds. The lowest BCUT2D eigenvalue weighted by Gasteiger charge is -1.91. The summed E-state index contributed by atoms with van der Waals surface area (Å²) in [6.45, 7) is 2.14. The largest absolute Gasteiger partial charge is 0.333 e. The second-order valence-corrected chi connectivity index (χ2v) is 5.53. The second kappa shape index (κ2) is 5.84. The number of thioether (sulfide) groups is 1. The van der Waals surface area contributed by atoms with Gasteiger partial charge in [0.1, 0.15) is 10.9 Å². The Balaban J connectivity index is 2.05. The quantitative estimate of drug-likeness (QED) is 0.776. The van der Waals surface area contributed by atoms with Gasteiger partial charge in [0.15, 0.2) is 5.82 Å². The van der Waals surface area contributed by atoms with E-state index in [2.05, 4.69) is 23.1 Å². The highest BCUT2D eigenvalue weighted by molar-refractivity contribution is 7.98. The van der Waals surface area contributed by atoms with E-state index in [0.717, 1.165) is 22.8 Å². The summed E-state index contributed by atoms with van der Waals surface area (Å²) in [5.41, 5.74) is 0. The molecule has 88 valence electrons. The Morgan fingerprint density at radius 1 is 1.53 bits per heavy atom. The minimum absolute atomic E-state index is 0.503. The molecule has 17 heavy (non-hydrogen) atoms. The van der Waals surface area contributed by atoms with Crippen molar-refractivity contribution in [1.82, 2.24) is 10.1 Å². The van der Waals surface area contributed by atoms with Crippen molar-refractivity contribution in [1.29, 1.82) is 5.26 Å². The van der Waals surface area contributed by atoms with Crippen LogP contribution in [0, 0.1) is 11.3 Å². The van der Waals surface area contributed by atoms with Gasteiger partial charge in [0, 0.05) is 0 Å². The molecule has 0 aliphatic heterocycles. The maximum Gasteiger partial charge on any atom is 0.268 e. The molecule has 6 heteroatoms.